The first-order chi connectivity index (χ1) is 10.7. The first-order valence-corrected chi connectivity index (χ1v) is 8.66. The average Bonchev–Trinajstić information content (AvgIpc) is 3.08. The van der Waals surface area contributed by atoms with E-state index in [1.54, 1.807) is 0 Å². The molecule has 0 spiro atoms. The minimum Gasteiger partial charge on any atom is -0.396 e. The largest absolute Gasteiger partial charge is 0.396 e. The third kappa shape index (κ3) is 2.50. The minimum absolute atomic E-state index is 0.0197. The topological polar surface area (TPSA) is 135 Å². The van der Waals surface area contributed by atoms with Crippen LogP contribution in [0.5, 0.6) is 0 Å². The number of aliphatic hydroxyl groups is 1. The lowest BCUT2D eigenvalue weighted by molar-refractivity contribution is 0.269. The molecule has 1 heterocycles. The quantitative estimate of drug-likeness (QED) is 0.687. The van der Waals surface area contributed by atoms with E-state index in [0.717, 1.165) is 0 Å². The second-order valence-corrected chi connectivity index (χ2v) is 7.65. The van der Waals surface area contributed by atoms with Crippen LogP contribution in [0.3, 0.4) is 0 Å². The molecule has 0 bridgehead atoms. The molecule has 4 N–H and O–H groups in total. The third-order valence-electron chi connectivity index (χ3n) is 4.57. The molecule has 3 rings (SSSR count). The zero-order valence-electron chi connectivity index (χ0n) is 12.4. The Labute approximate surface area is 131 Å². The van der Waals surface area contributed by atoms with Crippen LogP contribution in [-0.2, 0) is 15.6 Å². The molecular formula is C14H17N3O5S. The highest BCUT2D eigenvalue weighted by Crippen LogP contribution is 2.51. The number of sulfonamides is 1. The van der Waals surface area contributed by atoms with Crippen molar-refractivity contribution < 1.29 is 13.5 Å². The number of hydrogen-bond donors (Lipinski definition) is 3. The molecule has 1 fully saturated rings. The summed E-state index contributed by atoms with van der Waals surface area (Å²) in [5.74, 6) is 0.122. The van der Waals surface area contributed by atoms with Gasteiger partial charge in [-0.3, -0.25) is 14.3 Å². The highest BCUT2D eigenvalue weighted by atomic mass is 32.2. The first kappa shape index (κ1) is 15.9. The zero-order valence-corrected chi connectivity index (χ0v) is 13.3. The third-order valence-corrected chi connectivity index (χ3v) is 5.48. The lowest BCUT2D eigenvalue weighted by Crippen LogP contribution is -2.36. The van der Waals surface area contributed by atoms with Gasteiger partial charge in [0.25, 0.3) is 5.56 Å². The Hall–Kier alpha value is -1.97. The molecule has 1 saturated carbocycles. The van der Waals surface area contributed by atoms with E-state index in [-0.39, 0.29) is 22.8 Å². The van der Waals surface area contributed by atoms with Gasteiger partial charge < -0.3 is 5.11 Å². The summed E-state index contributed by atoms with van der Waals surface area (Å²) in [6.45, 7) is 1.89. The number of aromatic nitrogens is 2. The second kappa shape index (κ2) is 5.02. The number of hydrogen-bond acceptors (Lipinski definition) is 5. The Balaban J connectivity index is 2.29. The molecule has 0 radical (unpaired) electrons. The molecule has 9 heteroatoms. The Kier molecular flexibility index (Phi) is 3.47. The van der Waals surface area contributed by atoms with Crippen LogP contribution in [0.25, 0.3) is 10.9 Å². The molecule has 0 aliphatic heterocycles. The molecule has 23 heavy (non-hydrogen) atoms. The van der Waals surface area contributed by atoms with Crippen molar-refractivity contribution in [1.82, 2.24) is 9.55 Å². The van der Waals surface area contributed by atoms with Crippen LogP contribution in [-0.4, -0.2) is 29.7 Å². The van der Waals surface area contributed by atoms with E-state index < -0.39 is 26.8 Å². The van der Waals surface area contributed by atoms with Gasteiger partial charge in [-0.1, -0.05) is 0 Å². The van der Waals surface area contributed by atoms with Crippen LogP contribution in [0, 0.1) is 5.92 Å². The Morgan fingerprint density at radius 3 is 2.74 bits per heavy atom. The normalized spacial score (nSPS) is 24.0. The predicted molar refractivity (Wildman–Crippen MR) is 83.7 cm³/mol. The number of aromatic amines is 1. The maximum Gasteiger partial charge on any atom is 0.329 e. The van der Waals surface area contributed by atoms with Crippen LogP contribution in [0.4, 0.5) is 0 Å². The molecule has 124 valence electrons. The van der Waals surface area contributed by atoms with Crippen molar-refractivity contribution in [2.24, 2.45) is 11.1 Å². The van der Waals surface area contributed by atoms with Gasteiger partial charge in [0.1, 0.15) is 0 Å². The number of aliphatic hydroxyl groups excluding tert-OH is 1. The SMILES string of the molecule is C[C@]1(n2c(=O)[nH]c(=O)c3cc(S(N)(=O)=O)ccc32)C[C@H]1CCO. The molecule has 8 nitrogen and oxygen atoms in total. The van der Waals surface area contributed by atoms with Crippen molar-refractivity contribution in [3.8, 4) is 0 Å². The van der Waals surface area contributed by atoms with Crippen molar-refractivity contribution in [3.05, 3.63) is 39.0 Å². The fourth-order valence-electron chi connectivity index (χ4n) is 3.19. The van der Waals surface area contributed by atoms with Gasteiger partial charge in [0.2, 0.25) is 10.0 Å². The number of nitrogens with two attached hydrogens (primary N) is 1. The number of fused-ring (bicyclic) bond motifs is 1. The summed E-state index contributed by atoms with van der Waals surface area (Å²) >= 11 is 0. The van der Waals surface area contributed by atoms with Gasteiger partial charge in [-0.2, -0.15) is 0 Å². The molecule has 0 amide bonds. The number of nitrogens with zero attached hydrogens (tertiary/aromatic N) is 1. The van der Waals surface area contributed by atoms with Gasteiger partial charge in [0, 0.05) is 6.61 Å². The van der Waals surface area contributed by atoms with Crippen LogP contribution in [0.2, 0.25) is 0 Å². The summed E-state index contributed by atoms with van der Waals surface area (Å²) in [7, 11) is -3.95. The molecule has 1 aliphatic carbocycles. The zero-order chi connectivity index (χ0) is 17.0. The minimum atomic E-state index is -3.95. The number of H-pyrrole nitrogens is 1. The lowest BCUT2D eigenvalue weighted by atomic mass is 10.1. The highest BCUT2D eigenvalue weighted by molar-refractivity contribution is 7.89. The fourth-order valence-corrected chi connectivity index (χ4v) is 3.73. The van der Waals surface area contributed by atoms with Gasteiger partial charge in [-0.15, -0.1) is 0 Å². The van der Waals surface area contributed by atoms with Gasteiger partial charge >= 0.3 is 5.69 Å². The molecule has 0 unspecified atom stereocenters. The van der Waals surface area contributed by atoms with E-state index in [2.05, 4.69) is 4.98 Å². The van der Waals surface area contributed by atoms with Gasteiger partial charge in [0.15, 0.2) is 0 Å². The summed E-state index contributed by atoms with van der Waals surface area (Å²) in [5.41, 5.74) is -1.36. The van der Waals surface area contributed by atoms with E-state index >= 15 is 0 Å². The predicted octanol–water partition coefficient (Wildman–Crippen LogP) is -0.545. The Morgan fingerprint density at radius 1 is 1.43 bits per heavy atom. The highest BCUT2D eigenvalue weighted by Gasteiger charge is 2.52. The molecular weight excluding hydrogens is 322 g/mol. The van der Waals surface area contributed by atoms with Gasteiger partial charge in [-0.05, 0) is 43.9 Å². The Bertz CT molecular complexity index is 1010. The maximum absolute atomic E-state index is 12.3. The van der Waals surface area contributed by atoms with Crippen molar-refractivity contribution in [3.63, 3.8) is 0 Å². The van der Waals surface area contributed by atoms with Crippen LogP contribution < -0.4 is 16.4 Å². The first-order valence-electron chi connectivity index (χ1n) is 7.12. The van der Waals surface area contributed by atoms with Crippen LogP contribution >= 0.6 is 0 Å². The standard InChI is InChI=1S/C14H17N3O5S/c1-14(7-8(14)4-5-18)17-11-3-2-9(23(15,21)22)6-10(11)12(19)16-13(17)20/h2-3,6,8,18H,4-5,7H2,1H3,(H2,15,21,22)(H,16,19,20)/t8-,14+/m1/s1. The number of rotatable bonds is 4. The molecule has 2 aromatic rings. The Morgan fingerprint density at radius 2 is 2.13 bits per heavy atom. The average molecular weight is 339 g/mol. The van der Waals surface area contributed by atoms with Gasteiger partial charge in [-0.25, -0.2) is 18.4 Å². The summed E-state index contributed by atoms with van der Waals surface area (Å²) in [6, 6.07) is 3.87. The van der Waals surface area contributed by atoms with E-state index in [4.69, 9.17) is 10.2 Å². The van der Waals surface area contributed by atoms with Crippen LogP contribution in [0.1, 0.15) is 19.8 Å². The monoisotopic (exact) mass is 339 g/mol. The summed E-state index contributed by atoms with van der Waals surface area (Å²) in [5, 5.41) is 14.3. The number of primary sulfonamides is 1. The fraction of sp³-hybridized carbons (Fsp3) is 0.429. The number of benzene rings is 1. The second-order valence-electron chi connectivity index (χ2n) is 6.09. The van der Waals surface area contributed by atoms with Crippen LogP contribution in [0.15, 0.2) is 32.7 Å². The van der Waals surface area contributed by atoms with Crippen molar-refractivity contribution in [2.75, 3.05) is 6.61 Å². The molecule has 0 saturated heterocycles. The van der Waals surface area contributed by atoms with Gasteiger partial charge in [0.05, 0.1) is 21.3 Å². The van der Waals surface area contributed by atoms with Crippen molar-refractivity contribution in [2.45, 2.75) is 30.2 Å². The molecule has 1 aromatic heterocycles. The molecule has 1 aliphatic rings. The summed E-state index contributed by atoms with van der Waals surface area (Å²) in [4.78, 5) is 26.4. The maximum atomic E-state index is 12.3. The van der Waals surface area contributed by atoms with Crippen molar-refractivity contribution in [1.29, 1.82) is 0 Å². The van der Waals surface area contributed by atoms with E-state index in [1.807, 2.05) is 6.92 Å². The lowest BCUT2D eigenvalue weighted by Gasteiger charge is -2.18. The van der Waals surface area contributed by atoms with Crippen molar-refractivity contribution >= 4 is 20.9 Å². The van der Waals surface area contributed by atoms with E-state index in [0.29, 0.717) is 18.4 Å². The molecule has 1 aromatic carbocycles. The van der Waals surface area contributed by atoms with E-state index in [1.165, 1.54) is 22.8 Å². The smallest absolute Gasteiger partial charge is 0.329 e. The number of nitrogens with one attached hydrogen (secondary N) is 1. The molecule has 2 atom stereocenters. The summed E-state index contributed by atoms with van der Waals surface area (Å²) in [6.07, 6.45) is 1.25. The van der Waals surface area contributed by atoms with E-state index in [9.17, 15) is 18.0 Å². The summed E-state index contributed by atoms with van der Waals surface area (Å²) < 4.78 is 24.4.